The molecule has 7 nitrogen and oxygen atoms in total. The molecule has 0 aromatic heterocycles. The zero-order valence-corrected chi connectivity index (χ0v) is 22.1. The molecule has 1 fully saturated rings. The Labute approximate surface area is 222 Å². The molecule has 1 N–H and O–H groups in total. The largest absolute Gasteiger partial charge is 0.466 e. The first-order valence-corrected chi connectivity index (χ1v) is 14.5. The molecule has 0 aliphatic carbocycles. The highest BCUT2D eigenvalue weighted by Crippen LogP contribution is 2.36. The van der Waals surface area contributed by atoms with Crippen molar-refractivity contribution in [2.24, 2.45) is 0 Å². The SMILES string of the molecule is CC1(c2cccc([S+](c3ccccc3)c3ccc(OC(=O)C(F)(F)S(=O)(=O)O)cc3)c2)OCCCCCO1. The number of benzene rings is 3. The minimum Gasteiger partial charge on any atom is -0.421 e. The second kappa shape index (κ2) is 11.5. The van der Waals surface area contributed by atoms with Gasteiger partial charge in [0.2, 0.25) is 0 Å². The fraction of sp³-hybridized carbons (Fsp3) is 0.296. The molecule has 0 radical (unpaired) electrons. The Hall–Kier alpha value is -2.83. The highest BCUT2D eigenvalue weighted by Gasteiger charge is 2.54. The fourth-order valence-electron chi connectivity index (χ4n) is 3.91. The molecule has 1 aliphatic heterocycles. The number of halogens is 2. The molecule has 0 saturated carbocycles. The molecule has 11 heteroatoms. The molecule has 0 bridgehead atoms. The number of rotatable bonds is 7. The summed E-state index contributed by atoms with van der Waals surface area (Å²) in [5.41, 5.74) is 0.864. The molecular weight excluding hydrogens is 538 g/mol. The molecule has 3 aromatic rings. The number of esters is 1. The van der Waals surface area contributed by atoms with Crippen LogP contribution < -0.4 is 4.74 Å². The van der Waals surface area contributed by atoms with E-state index in [-0.39, 0.29) is 5.75 Å². The Kier molecular flexibility index (Phi) is 8.53. The molecule has 0 amide bonds. The molecule has 1 unspecified atom stereocenters. The van der Waals surface area contributed by atoms with E-state index in [2.05, 4.69) is 4.74 Å². The monoisotopic (exact) mass is 565 g/mol. The van der Waals surface area contributed by atoms with Crippen molar-refractivity contribution in [2.45, 2.75) is 51.9 Å². The van der Waals surface area contributed by atoms with E-state index >= 15 is 0 Å². The van der Waals surface area contributed by atoms with E-state index in [9.17, 15) is 22.0 Å². The Morgan fingerprint density at radius 3 is 2.08 bits per heavy atom. The molecule has 38 heavy (non-hydrogen) atoms. The van der Waals surface area contributed by atoms with Crippen LogP contribution in [-0.2, 0) is 41.1 Å². The summed E-state index contributed by atoms with van der Waals surface area (Å²) in [4.78, 5) is 14.4. The van der Waals surface area contributed by atoms with Crippen LogP contribution in [0.1, 0.15) is 31.7 Å². The summed E-state index contributed by atoms with van der Waals surface area (Å²) in [5.74, 6) is -3.59. The molecule has 202 valence electrons. The van der Waals surface area contributed by atoms with Gasteiger partial charge in [-0.1, -0.05) is 30.3 Å². The second-order valence-corrected chi connectivity index (χ2v) is 12.2. The minimum atomic E-state index is -5.97. The fourth-order valence-corrected chi connectivity index (χ4v) is 6.27. The van der Waals surface area contributed by atoms with E-state index in [0.717, 1.165) is 39.5 Å². The predicted molar refractivity (Wildman–Crippen MR) is 137 cm³/mol. The van der Waals surface area contributed by atoms with Gasteiger partial charge in [-0.2, -0.15) is 17.2 Å². The number of ether oxygens (including phenoxy) is 3. The maximum atomic E-state index is 13.6. The van der Waals surface area contributed by atoms with E-state index in [1.54, 1.807) is 12.1 Å². The van der Waals surface area contributed by atoms with Gasteiger partial charge >= 0.3 is 21.3 Å². The first-order chi connectivity index (χ1) is 18.0. The van der Waals surface area contributed by atoms with Gasteiger partial charge in [0, 0.05) is 11.6 Å². The highest BCUT2D eigenvalue weighted by atomic mass is 32.2. The predicted octanol–water partition coefficient (Wildman–Crippen LogP) is 5.56. The van der Waals surface area contributed by atoms with Gasteiger partial charge in [-0.15, -0.1) is 0 Å². The Balaban J connectivity index is 1.67. The molecule has 0 spiro atoms. The topological polar surface area (TPSA) is 99.1 Å². The number of alkyl halides is 2. The van der Waals surface area contributed by atoms with Crippen molar-refractivity contribution in [3.63, 3.8) is 0 Å². The van der Waals surface area contributed by atoms with Gasteiger partial charge in [0.25, 0.3) is 0 Å². The third kappa shape index (κ3) is 6.24. The summed E-state index contributed by atoms with van der Waals surface area (Å²) in [6.07, 6.45) is 2.96. The van der Waals surface area contributed by atoms with Crippen LogP contribution in [0.4, 0.5) is 8.78 Å². The molecule has 1 heterocycles. The van der Waals surface area contributed by atoms with Crippen molar-refractivity contribution in [1.29, 1.82) is 0 Å². The van der Waals surface area contributed by atoms with E-state index < -0.39 is 38.0 Å². The highest BCUT2D eigenvalue weighted by molar-refractivity contribution is 7.97. The van der Waals surface area contributed by atoms with Crippen molar-refractivity contribution in [1.82, 2.24) is 0 Å². The molecular formula is C27H27F2O7S2+. The molecule has 4 rings (SSSR count). The normalized spacial score (nSPS) is 17.2. The van der Waals surface area contributed by atoms with Gasteiger partial charge in [-0.3, -0.25) is 4.55 Å². The van der Waals surface area contributed by atoms with Gasteiger partial charge in [0.15, 0.2) is 20.5 Å². The Morgan fingerprint density at radius 1 is 0.895 bits per heavy atom. The summed E-state index contributed by atoms with van der Waals surface area (Å²) in [5, 5.41) is -5.09. The molecule has 1 atom stereocenters. The third-order valence-corrected chi connectivity index (χ3v) is 8.98. The van der Waals surface area contributed by atoms with Crippen LogP contribution in [0.25, 0.3) is 0 Å². The maximum absolute atomic E-state index is 13.6. The number of hydrogen-bond donors (Lipinski definition) is 1. The number of hydrogen-bond acceptors (Lipinski definition) is 6. The van der Waals surface area contributed by atoms with Crippen LogP contribution >= 0.6 is 0 Å². The average molecular weight is 566 g/mol. The van der Waals surface area contributed by atoms with Gasteiger partial charge in [-0.25, -0.2) is 4.79 Å². The van der Waals surface area contributed by atoms with Gasteiger partial charge in [-0.05, 0) is 68.7 Å². The standard InChI is InChI=1S/C27H26F2O7S2/c1-26(34-17-6-3-7-18-35-26)20-9-8-12-24(19-20)37(22-10-4-2-5-11-22)23-15-13-21(14-16-23)36-25(30)27(28,29)38(31,32)33/h2,4-5,8-16,19H,3,6-7,17-18H2,1H3/p+1. The van der Waals surface area contributed by atoms with E-state index in [4.69, 9.17) is 14.0 Å². The minimum absolute atomic E-state index is 0.295. The maximum Gasteiger partial charge on any atom is 0.466 e. The van der Waals surface area contributed by atoms with Gasteiger partial charge in [0.05, 0.1) is 24.1 Å². The van der Waals surface area contributed by atoms with Crippen molar-refractivity contribution >= 4 is 27.0 Å². The summed E-state index contributed by atoms with van der Waals surface area (Å²) >= 11 is 0. The van der Waals surface area contributed by atoms with E-state index in [1.807, 2.05) is 61.5 Å². The lowest BCUT2D eigenvalue weighted by Gasteiger charge is -2.32. The van der Waals surface area contributed by atoms with Crippen LogP contribution in [0, 0.1) is 0 Å². The van der Waals surface area contributed by atoms with E-state index in [1.165, 1.54) is 12.1 Å². The summed E-state index contributed by atoms with van der Waals surface area (Å²) < 4.78 is 74.3. The number of carbonyl (C=O) groups is 1. The lowest BCUT2D eigenvalue weighted by molar-refractivity contribution is -0.241. The van der Waals surface area contributed by atoms with Crippen LogP contribution in [0.2, 0.25) is 0 Å². The van der Waals surface area contributed by atoms with Crippen LogP contribution in [0.5, 0.6) is 5.75 Å². The second-order valence-electron chi connectivity index (χ2n) is 8.70. The summed E-state index contributed by atoms with van der Waals surface area (Å²) in [7, 11) is -6.61. The smallest absolute Gasteiger partial charge is 0.421 e. The summed E-state index contributed by atoms with van der Waals surface area (Å²) in [6.45, 7) is 3.08. The average Bonchev–Trinajstić information content (AvgIpc) is 2.88. The zero-order chi connectivity index (χ0) is 27.4. The number of carbonyl (C=O) groups excluding carboxylic acids is 1. The van der Waals surface area contributed by atoms with Crippen LogP contribution in [0.3, 0.4) is 0 Å². The van der Waals surface area contributed by atoms with Gasteiger partial charge < -0.3 is 14.2 Å². The first kappa shape index (κ1) is 28.2. The third-order valence-electron chi connectivity index (χ3n) is 5.95. The Bertz CT molecular complexity index is 1360. The van der Waals surface area contributed by atoms with Crippen molar-refractivity contribution < 1.29 is 40.8 Å². The lowest BCUT2D eigenvalue weighted by atomic mass is 10.1. The van der Waals surface area contributed by atoms with Crippen molar-refractivity contribution in [3.05, 3.63) is 84.4 Å². The molecule has 3 aromatic carbocycles. The van der Waals surface area contributed by atoms with Crippen molar-refractivity contribution in [2.75, 3.05) is 13.2 Å². The molecule has 1 saturated heterocycles. The Morgan fingerprint density at radius 2 is 1.47 bits per heavy atom. The quantitative estimate of drug-likeness (QED) is 0.173. The van der Waals surface area contributed by atoms with Crippen LogP contribution in [0.15, 0.2) is 93.5 Å². The van der Waals surface area contributed by atoms with Crippen molar-refractivity contribution in [3.8, 4) is 5.75 Å². The van der Waals surface area contributed by atoms with E-state index in [0.29, 0.717) is 13.2 Å². The zero-order valence-electron chi connectivity index (χ0n) is 20.5. The lowest BCUT2D eigenvalue weighted by Crippen LogP contribution is -2.40. The molecule has 1 aliphatic rings. The summed E-state index contributed by atoms with van der Waals surface area (Å²) in [6, 6.07) is 23.4. The first-order valence-electron chi connectivity index (χ1n) is 11.9. The van der Waals surface area contributed by atoms with Gasteiger partial charge in [0.1, 0.15) is 5.75 Å². The van der Waals surface area contributed by atoms with Crippen LogP contribution in [-0.4, -0.2) is 37.4 Å².